The van der Waals surface area contributed by atoms with E-state index < -0.39 is 67.7 Å². The van der Waals surface area contributed by atoms with Crippen molar-refractivity contribution < 1.29 is 78.1 Å². The Kier molecular flexibility index (Phi) is 36.1. The lowest BCUT2D eigenvalue weighted by Gasteiger charge is -2.50. The Bertz CT molecular complexity index is 4500. The fraction of sp³-hybridized carbons (Fsp3) is 0.766. The van der Waals surface area contributed by atoms with Crippen LogP contribution in [0.1, 0.15) is 274 Å². The maximum Gasteiger partial charge on any atom is 0.336 e. The number of hydrogen-bond donors (Lipinski definition) is 4. The van der Waals surface area contributed by atoms with Crippen LogP contribution in [0.15, 0.2) is 115 Å². The van der Waals surface area contributed by atoms with E-state index in [2.05, 4.69) is 224 Å². The van der Waals surface area contributed by atoms with Gasteiger partial charge in [0.05, 0.1) is 50.0 Å². The predicted octanol–water partition coefficient (Wildman–Crippen LogP) is 15.0. The molecule has 6 saturated carbocycles. The van der Waals surface area contributed by atoms with Gasteiger partial charge in [0.2, 0.25) is 0 Å². The summed E-state index contributed by atoms with van der Waals surface area (Å²) in [5.74, 6) is 0.794. The Morgan fingerprint density at radius 3 is 1.13 bits per heavy atom. The van der Waals surface area contributed by atoms with Crippen molar-refractivity contribution in [2.75, 3.05) is 40.6 Å². The van der Waals surface area contributed by atoms with Crippen molar-refractivity contribution in [2.45, 2.75) is 325 Å². The van der Waals surface area contributed by atoms with Gasteiger partial charge in [-0.2, -0.15) is 9.78 Å². The molecule has 6 aliphatic carbocycles. The van der Waals surface area contributed by atoms with Crippen LogP contribution >= 0.6 is 0 Å². The molecule has 6 aliphatic rings. The van der Waals surface area contributed by atoms with E-state index in [1.165, 1.54) is 41.6 Å². The van der Waals surface area contributed by atoms with E-state index in [-0.39, 0.29) is 152 Å². The molecule has 126 heavy (non-hydrogen) atoms. The predicted molar refractivity (Wildman–Crippen MR) is 477 cm³/mol. The average Bonchev–Trinajstić information content (AvgIpc) is 0.745. The van der Waals surface area contributed by atoms with E-state index in [9.17, 15) is 33.6 Å². The van der Waals surface area contributed by atoms with Crippen molar-refractivity contribution in [3.63, 3.8) is 0 Å². The number of nitrogens with one attached hydrogen (secondary N) is 4. The summed E-state index contributed by atoms with van der Waals surface area (Å²) in [6.07, 6.45) is 15.9. The summed E-state index contributed by atoms with van der Waals surface area (Å²) in [5, 5.41) is 8.80. The molecular formula is C94H154N10O22. The summed E-state index contributed by atoms with van der Waals surface area (Å²) in [6.45, 7) is 69.5. The zero-order chi connectivity index (χ0) is 94.2. The molecule has 0 aliphatic heterocycles. The van der Waals surface area contributed by atoms with Crippen molar-refractivity contribution >= 4 is 11.9 Å². The molecule has 4 N–H and O–H groups in total. The second kappa shape index (κ2) is 43.3. The van der Waals surface area contributed by atoms with Crippen molar-refractivity contribution in [1.82, 2.24) is 49.3 Å². The molecule has 0 saturated heterocycles. The van der Waals surface area contributed by atoms with Gasteiger partial charge in [0.1, 0.15) is 26.4 Å². The first-order valence-corrected chi connectivity index (χ1v) is 44.7. The number of allylic oxidation sites excluding steroid dienone is 2. The summed E-state index contributed by atoms with van der Waals surface area (Å²) >= 11 is 0. The van der Waals surface area contributed by atoms with Crippen molar-refractivity contribution in [1.29, 1.82) is 0 Å². The standard InChI is InChI=1S/C47H79N5O11.C47H75N5O11/c1-17-36-18-42(6,7)26-45(12,19-36)29-50-39(53)51(30-46(13)22-37(20-43(8,9)27-46)34(4)58-24-32(2)48-60-62-56-15)41(55)52(40(50)54)31-47(14)23-38(21-44(10,11)28-47)35(5)59-25-33(3)49-61-63-57-16;1-14-18-58-60-20-16-37(53)62-48-35-24-43(7,8)28-46(12,25-35)31-51-39(55)50(30-45(11)23-33(3)22-42(5,6)27-45)40(56)52(41(51)57)32-47(13)26-36(34(4)44(9,10)29-47)49-63-38(54)17-21-61-59-19-15-2/h36-38,48-49H,2-5,17-31H2,1,6-16H3;18-19,33-36,48-49H,1-2,16-17,20-32H2,3-13H3. The zero-order valence-corrected chi connectivity index (χ0v) is 80.3. The van der Waals surface area contributed by atoms with Gasteiger partial charge < -0.3 is 28.9 Å². The van der Waals surface area contributed by atoms with Gasteiger partial charge in [-0.15, -0.1) is 11.0 Å². The largest absolute Gasteiger partial charge is 0.492 e. The number of hydrogen-bond acceptors (Lipinski definition) is 26. The van der Waals surface area contributed by atoms with Crippen LogP contribution in [0.2, 0.25) is 0 Å². The molecule has 0 bridgehead atoms. The van der Waals surface area contributed by atoms with Gasteiger partial charge in [0.15, 0.2) is 12.5 Å². The minimum Gasteiger partial charge on any atom is -0.492 e. The van der Waals surface area contributed by atoms with Crippen molar-refractivity contribution in [2.24, 2.45) is 94.6 Å². The maximum absolute atomic E-state index is 15.0. The summed E-state index contributed by atoms with van der Waals surface area (Å²) < 4.78 is 20.1. The van der Waals surface area contributed by atoms with Crippen LogP contribution in [-0.4, -0.2) is 92.1 Å². The van der Waals surface area contributed by atoms with Gasteiger partial charge >= 0.3 is 46.1 Å². The van der Waals surface area contributed by atoms with E-state index in [0.29, 0.717) is 79.7 Å². The summed E-state index contributed by atoms with van der Waals surface area (Å²) in [4.78, 5) is 163. The first-order chi connectivity index (χ1) is 58.4. The van der Waals surface area contributed by atoms with Crippen LogP contribution in [0.5, 0.6) is 0 Å². The number of carbonyl (C=O) groups excluding carboxylic acids is 2. The monoisotopic (exact) mass is 1780 g/mol. The molecule has 712 valence electrons. The Morgan fingerprint density at radius 1 is 0.429 bits per heavy atom. The zero-order valence-electron chi connectivity index (χ0n) is 80.3. The van der Waals surface area contributed by atoms with Gasteiger partial charge in [0, 0.05) is 63.2 Å². The van der Waals surface area contributed by atoms with Crippen LogP contribution < -0.4 is 56.1 Å². The van der Waals surface area contributed by atoms with Crippen LogP contribution in [0.4, 0.5) is 0 Å². The third kappa shape index (κ3) is 30.4. The number of carbonyl (C=O) groups is 2. The fourth-order valence-corrected chi connectivity index (χ4v) is 24.4. The summed E-state index contributed by atoms with van der Waals surface area (Å²) in [6, 6.07) is -0.592. The van der Waals surface area contributed by atoms with E-state index in [4.69, 9.17) is 48.7 Å². The number of ether oxygens (including phenoxy) is 2. The Morgan fingerprint density at radius 2 is 0.762 bits per heavy atom. The first-order valence-electron chi connectivity index (χ1n) is 44.7. The van der Waals surface area contributed by atoms with E-state index in [0.717, 1.165) is 83.2 Å². The lowest BCUT2D eigenvalue weighted by Crippen LogP contribution is -2.60. The molecule has 13 atom stereocenters. The highest BCUT2D eigenvalue weighted by Crippen LogP contribution is 2.56. The normalized spacial score (nSPS) is 29.2. The molecule has 0 radical (unpaired) electrons. The second-order valence-corrected chi connectivity index (χ2v) is 44.8. The van der Waals surface area contributed by atoms with Crippen LogP contribution in [-0.2, 0) is 117 Å². The Hall–Kier alpha value is -7.84. The summed E-state index contributed by atoms with van der Waals surface area (Å²) in [7, 11) is 2.62. The van der Waals surface area contributed by atoms with Crippen molar-refractivity contribution in [3.8, 4) is 0 Å². The van der Waals surface area contributed by atoms with Gasteiger partial charge in [0.25, 0.3) is 0 Å². The molecule has 8 rings (SSSR count). The number of nitrogens with zero attached hydrogens (tertiary/aromatic N) is 6. The lowest BCUT2D eigenvalue weighted by atomic mass is 9.58. The SMILES string of the molecule is C=C(COC(=C)C1CC(C)(C)CC(C)(Cn2c(=O)n(CC3(C)CC(CC)CC(C)(C)C3)c(=O)n(CC3(C)CC(C(=C)OCC(=C)NOOOC)CC(C)(C)C3)c2=O)C1)NOOOC.C=C=COOCCC(=O)ONC1CC(C)(C)CC(C)(Cn2c(=O)n(CC3(C)CC(C)CC(C)(C)C3)c(=O)n(CC3(C)CC(NOC(=O)CCOOC=C=C)C(C)C(C)(C)C3)c2=O)C1. The van der Waals surface area contributed by atoms with Crippen LogP contribution in [0.3, 0.4) is 0 Å². The van der Waals surface area contributed by atoms with Crippen molar-refractivity contribution in [3.05, 3.63) is 149 Å². The smallest absolute Gasteiger partial charge is 0.336 e. The van der Waals surface area contributed by atoms with E-state index >= 15 is 4.79 Å². The molecule has 2 heterocycles. The van der Waals surface area contributed by atoms with Crippen LogP contribution in [0, 0.1) is 94.6 Å². The highest BCUT2D eigenvalue weighted by atomic mass is 17.5. The van der Waals surface area contributed by atoms with Gasteiger partial charge in [-0.25, -0.2) is 76.9 Å². The molecule has 0 aromatic carbocycles. The third-order valence-electron chi connectivity index (χ3n) is 26.7. The third-order valence-corrected chi connectivity index (χ3v) is 26.7. The van der Waals surface area contributed by atoms with E-state index in [1.807, 2.05) is 13.8 Å². The molecule has 6 fully saturated rings. The van der Waals surface area contributed by atoms with Gasteiger partial charge in [-0.3, -0.25) is 9.59 Å². The van der Waals surface area contributed by atoms with Gasteiger partial charge in [-0.1, -0.05) is 213 Å². The molecule has 13 unspecified atom stereocenters. The van der Waals surface area contributed by atoms with E-state index in [1.54, 1.807) is 0 Å². The number of hydroxylamine groups is 4. The van der Waals surface area contributed by atoms with Gasteiger partial charge in [-0.05, 0) is 202 Å². The lowest BCUT2D eigenvalue weighted by molar-refractivity contribution is -0.521. The Labute approximate surface area is 745 Å². The fourth-order valence-electron chi connectivity index (χ4n) is 24.4. The number of rotatable bonds is 43. The second-order valence-electron chi connectivity index (χ2n) is 44.8. The number of aromatic nitrogens is 6. The highest BCUT2D eigenvalue weighted by Gasteiger charge is 2.52. The molecule has 32 heteroatoms. The summed E-state index contributed by atoms with van der Waals surface area (Å²) in [5.41, 5.74) is 9.06. The maximum atomic E-state index is 15.0. The minimum atomic E-state index is -0.653. The first kappa shape index (κ1) is 105. The van der Waals surface area contributed by atoms with Crippen LogP contribution in [0.25, 0.3) is 0 Å². The molecule has 0 spiro atoms. The topological polar surface area (TPSA) is 343 Å². The molecule has 2 aromatic heterocycles. The molecule has 32 nitrogen and oxygen atoms in total. The molecular weight excluding hydrogens is 1620 g/mol. The molecule has 0 amide bonds. The quantitative estimate of drug-likeness (QED) is 0.0157. The Balaban J connectivity index is 0.000000346. The highest BCUT2D eigenvalue weighted by molar-refractivity contribution is 5.69. The molecule has 2 aromatic rings. The minimum absolute atomic E-state index is 0.00668. The average molecular weight is 1780 g/mol.